The molecule has 1 heterocycles. The van der Waals surface area contributed by atoms with E-state index in [1.807, 2.05) is 30.7 Å². The van der Waals surface area contributed by atoms with Gasteiger partial charge in [-0.3, -0.25) is 4.79 Å². The quantitative estimate of drug-likeness (QED) is 0.413. The number of carbonyl (C=O) groups excluding carboxylic acids is 1. The number of halogens is 3. The summed E-state index contributed by atoms with van der Waals surface area (Å²) in [6.45, 7) is 4.05. The third-order valence-electron chi connectivity index (χ3n) is 4.94. The Morgan fingerprint density at radius 1 is 1.06 bits per heavy atom. The first-order chi connectivity index (χ1) is 15.5. The first kappa shape index (κ1) is 25.1. The van der Waals surface area contributed by atoms with Crippen LogP contribution in [0.3, 0.4) is 0 Å². The maximum absolute atomic E-state index is 13.0. The molecule has 0 bridgehead atoms. The second-order valence-electron chi connectivity index (χ2n) is 8.17. The van der Waals surface area contributed by atoms with Crippen LogP contribution in [0.5, 0.6) is 0 Å². The summed E-state index contributed by atoms with van der Waals surface area (Å²) in [7, 11) is -3.76. The van der Waals surface area contributed by atoms with Crippen LogP contribution in [0.1, 0.15) is 30.5 Å². The van der Waals surface area contributed by atoms with Crippen LogP contribution < -0.4 is 4.72 Å². The van der Waals surface area contributed by atoms with Crippen LogP contribution in [0.2, 0.25) is 0 Å². The standard InChI is InChI=1S/C24H24F3NO3S2/c1-16(2)14-28-33(30,31)22-6-7-23(18-8-9-32-15-18)19(13-22)12-21(29)11-17-4-3-5-20(10-17)24(25,26)27/h3-10,13,15-16,28H,11-12,14H2,1-2H3. The number of hydrogen-bond acceptors (Lipinski definition) is 4. The Kier molecular flexibility index (Phi) is 7.76. The minimum Gasteiger partial charge on any atom is -0.299 e. The van der Waals surface area contributed by atoms with Gasteiger partial charge in [-0.05, 0) is 63.2 Å². The summed E-state index contributed by atoms with van der Waals surface area (Å²) in [4.78, 5) is 12.8. The Bertz CT molecular complexity index is 1220. The van der Waals surface area contributed by atoms with Crippen LogP contribution in [0, 0.1) is 5.92 Å². The van der Waals surface area contributed by atoms with Crippen molar-refractivity contribution in [2.24, 2.45) is 5.92 Å². The van der Waals surface area contributed by atoms with Crippen LogP contribution in [0.4, 0.5) is 13.2 Å². The van der Waals surface area contributed by atoms with Gasteiger partial charge in [0.2, 0.25) is 10.0 Å². The van der Waals surface area contributed by atoms with Crippen molar-refractivity contribution in [2.75, 3.05) is 6.54 Å². The Morgan fingerprint density at radius 3 is 2.45 bits per heavy atom. The number of rotatable bonds is 9. The molecule has 0 spiro atoms. The van der Waals surface area contributed by atoms with Gasteiger partial charge >= 0.3 is 6.18 Å². The van der Waals surface area contributed by atoms with Gasteiger partial charge in [-0.1, -0.05) is 38.1 Å². The van der Waals surface area contributed by atoms with Gasteiger partial charge < -0.3 is 0 Å². The number of hydrogen-bond donors (Lipinski definition) is 1. The second-order valence-corrected chi connectivity index (χ2v) is 10.7. The minimum atomic E-state index is -4.49. The zero-order valence-electron chi connectivity index (χ0n) is 18.1. The van der Waals surface area contributed by atoms with E-state index in [4.69, 9.17) is 0 Å². The normalized spacial score (nSPS) is 12.3. The number of carbonyl (C=O) groups is 1. The summed E-state index contributed by atoms with van der Waals surface area (Å²) < 4.78 is 66.9. The van der Waals surface area contributed by atoms with Crippen molar-refractivity contribution in [1.29, 1.82) is 0 Å². The summed E-state index contributed by atoms with van der Waals surface area (Å²) >= 11 is 1.47. The molecule has 4 nitrogen and oxygen atoms in total. The van der Waals surface area contributed by atoms with Crippen molar-refractivity contribution >= 4 is 27.1 Å². The summed E-state index contributed by atoms with van der Waals surface area (Å²) in [6.07, 6.45) is -4.78. The van der Waals surface area contributed by atoms with Crippen LogP contribution in [-0.2, 0) is 33.8 Å². The number of Topliss-reactive ketones (excluding diaryl/α,β-unsaturated/α-hetero) is 1. The molecule has 3 aromatic rings. The van der Waals surface area contributed by atoms with E-state index in [0.29, 0.717) is 5.56 Å². The molecular formula is C24H24F3NO3S2. The number of nitrogens with one attached hydrogen (secondary N) is 1. The fourth-order valence-electron chi connectivity index (χ4n) is 3.30. The SMILES string of the molecule is CC(C)CNS(=O)(=O)c1ccc(-c2ccsc2)c(CC(=O)Cc2cccc(C(F)(F)F)c2)c1. The predicted molar refractivity (Wildman–Crippen MR) is 124 cm³/mol. The van der Waals surface area contributed by atoms with Crippen molar-refractivity contribution < 1.29 is 26.4 Å². The molecule has 0 radical (unpaired) electrons. The van der Waals surface area contributed by atoms with Gasteiger partial charge in [0, 0.05) is 19.4 Å². The maximum atomic E-state index is 13.0. The first-order valence-electron chi connectivity index (χ1n) is 10.3. The molecule has 1 N–H and O–H groups in total. The van der Waals surface area contributed by atoms with E-state index in [1.54, 1.807) is 6.07 Å². The smallest absolute Gasteiger partial charge is 0.299 e. The second kappa shape index (κ2) is 10.2. The predicted octanol–water partition coefficient (Wildman–Crippen LogP) is 5.72. The molecule has 3 rings (SSSR count). The molecule has 0 unspecified atom stereocenters. The lowest BCUT2D eigenvalue weighted by Crippen LogP contribution is -2.27. The number of alkyl halides is 3. The van der Waals surface area contributed by atoms with Crippen molar-refractivity contribution in [3.05, 3.63) is 76.0 Å². The average molecular weight is 496 g/mol. The van der Waals surface area contributed by atoms with Gasteiger partial charge in [0.1, 0.15) is 5.78 Å². The summed E-state index contributed by atoms with van der Waals surface area (Å²) in [5.41, 5.74) is 1.53. The fourth-order valence-corrected chi connectivity index (χ4v) is 5.22. The lowest BCUT2D eigenvalue weighted by atomic mass is 9.95. The van der Waals surface area contributed by atoms with Crippen LogP contribution in [0.15, 0.2) is 64.2 Å². The molecular weight excluding hydrogens is 471 g/mol. The van der Waals surface area contributed by atoms with Crippen molar-refractivity contribution in [3.8, 4) is 11.1 Å². The van der Waals surface area contributed by atoms with Crippen LogP contribution >= 0.6 is 11.3 Å². The number of sulfonamides is 1. The summed E-state index contributed by atoms with van der Waals surface area (Å²) in [6, 6.07) is 11.2. The highest BCUT2D eigenvalue weighted by molar-refractivity contribution is 7.89. The Morgan fingerprint density at radius 2 is 1.82 bits per heavy atom. The van der Waals surface area contributed by atoms with E-state index >= 15 is 0 Å². The maximum Gasteiger partial charge on any atom is 0.416 e. The van der Waals surface area contributed by atoms with Gasteiger partial charge in [0.05, 0.1) is 10.5 Å². The highest BCUT2D eigenvalue weighted by Crippen LogP contribution is 2.31. The van der Waals surface area contributed by atoms with E-state index in [1.165, 1.54) is 35.6 Å². The Hall–Kier alpha value is -2.49. The first-order valence-corrected chi connectivity index (χ1v) is 12.7. The number of benzene rings is 2. The molecule has 9 heteroatoms. The molecule has 1 aromatic heterocycles. The van der Waals surface area contributed by atoms with E-state index < -0.39 is 21.8 Å². The van der Waals surface area contributed by atoms with Crippen molar-refractivity contribution in [3.63, 3.8) is 0 Å². The lowest BCUT2D eigenvalue weighted by molar-refractivity contribution is -0.137. The van der Waals surface area contributed by atoms with Gasteiger partial charge in [0.25, 0.3) is 0 Å². The molecule has 0 amide bonds. The largest absolute Gasteiger partial charge is 0.416 e. The molecule has 0 atom stereocenters. The van der Waals surface area contributed by atoms with E-state index in [9.17, 15) is 26.4 Å². The van der Waals surface area contributed by atoms with Crippen LogP contribution in [0.25, 0.3) is 11.1 Å². The zero-order valence-corrected chi connectivity index (χ0v) is 19.8. The van der Waals surface area contributed by atoms with E-state index in [-0.39, 0.29) is 41.5 Å². The fraction of sp³-hybridized carbons (Fsp3) is 0.292. The molecule has 0 saturated carbocycles. The Balaban J connectivity index is 1.89. The molecule has 0 aliphatic carbocycles. The topological polar surface area (TPSA) is 63.2 Å². The number of ketones is 1. The van der Waals surface area contributed by atoms with Crippen LogP contribution in [-0.4, -0.2) is 20.7 Å². The number of thiophene rings is 1. The average Bonchev–Trinajstić information content (AvgIpc) is 3.26. The molecule has 2 aromatic carbocycles. The highest BCUT2D eigenvalue weighted by atomic mass is 32.2. The monoisotopic (exact) mass is 495 g/mol. The minimum absolute atomic E-state index is 0.0454. The molecule has 176 valence electrons. The third-order valence-corrected chi connectivity index (χ3v) is 7.05. The van der Waals surface area contributed by atoms with Gasteiger partial charge in [-0.2, -0.15) is 24.5 Å². The highest BCUT2D eigenvalue weighted by Gasteiger charge is 2.30. The zero-order chi connectivity index (χ0) is 24.2. The summed E-state index contributed by atoms with van der Waals surface area (Å²) in [5, 5.41) is 3.76. The van der Waals surface area contributed by atoms with E-state index in [2.05, 4.69) is 4.72 Å². The van der Waals surface area contributed by atoms with Crippen molar-refractivity contribution in [2.45, 2.75) is 37.8 Å². The van der Waals surface area contributed by atoms with Gasteiger partial charge in [0.15, 0.2) is 0 Å². The molecule has 0 aliphatic heterocycles. The Labute approximate surface area is 195 Å². The van der Waals surface area contributed by atoms with Crippen molar-refractivity contribution in [1.82, 2.24) is 4.72 Å². The van der Waals surface area contributed by atoms with Gasteiger partial charge in [-0.15, -0.1) is 0 Å². The summed E-state index contributed by atoms with van der Waals surface area (Å²) in [5.74, 6) is -0.186. The molecule has 33 heavy (non-hydrogen) atoms. The van der Waals surface area contributed by atoms with E-state index in [0.717, 1.165) is 23.3 Å². The van der Waals surface area contributed by atoms with Gasteiger partial charge in [-0.25, -0.2) is 13.1 Å². The molecule has 0 saturated heterocycles. The third kappa shape index (κ3) is 6.75. The molecule has 0 aliphatic rings. The lowest BCUT2D eigenvalue weighted by Gasteiger charge is -2.13. The molecule has 0 fully saturated rings.